The minimum Gasteiger partial charge on any atom is -0.468 e. The topological polar surface area (TPSA) is 73.2 Å². The zero-order valence-electron chi connectivity index (χ0n) is 16.4. The van der Waals surface area contributed by atoms with E-state index in [0.29, 0.717) is 19.4 Å². The molecule has 0 amide bonds. The molecule has 8 unspecified atom stereocenters. The van der Waals surface area contributed by atoms with Gasteiger partial charge in [0.05, 0.1) is 24.7 Å². The third kappa shape index (κ3) is 1.37. The molecule has 1 aromatic carbocycles. The molecule has 8 atom stereocenters. The summed E-state index contributed by atoms with van der Waals surface area (Å²) in [6, 6.07) is 7.57. The highest BCUT2D eigenvalue weighted by Gasteiger charge is 2.86. The van der Waals surface area contributed by atoms with E-state index in [1.807, 2.05) is 26.1 Å². The first kappa shape index (κ1) is 17.0. The number of aliphatic hydroxyl groups excluding tert-OH is 1. The number of benzene rings is 1. The molecule has 5 aliphatic heterocycles. The molecule has 5 bridgehead atoms. The Morgan fingerprint density at radius 1 is 1.32 bits per heavy atom. The maximum Gasteiger partial charge on any atom is 0.316 e. The fourth-order valence-corrected chi connectivity index (χ4v) is 8.02. The zero-order valence-corrected chi connectivity index (χ0v) is 16.4. The molecule has 6 aliphatic rings. The lowest BCUT2D eigenvalue weighted by atomic mass is 9.57. The number of fused-ring (bicyclic) bond motifs is 2. The SMILES string of the molecule is CC=C1CN2C3CC45c6ccccc6N(C)C4C2(O)CC1C3(C(=O)OC)C5O. The molecule has 5 fully saturated rings. The Balaban J connectivity index is 1.70. The second-order valence-electron chi connectivity index (χ2n) is 9.24. The fourth-order valence-electron chi connectivity index (χ4n) is 8.02. The van der Waals surface area contributed by atoms with Gasteiger partial charge in [-0.1, -0.05) is 29.8 Å². The van der Waals surface area contributed by atoms with Gasteiger partial charge in [-0.25, -0.2) is 0 Å². The smallest absolute Gasteiger partial charge is 0.316 e. The largest absolute Gasteiger partial charge is 0.468 e. The molecule has 4 saturated heterocycles. The number of hydrogen-bond acceptors (Lipinski definition) is 6. The van der Waals surface area contributed by atoms with Crippen LogP contribution in [0.4, 0.5) is 5.69 Å². The van der Waals surface area contributed by atoms with Crippen molar-refractivity contribution in [2.24, 2.45) is 11.3 Å². The van der Waals surface area contributed by atoms with Gasteiger partial charge in [-0.2, -0.15) is 0 Å². The van der Waals surface area contributed by atoms with Gasteiger partial charge < -0.3 is 19.8 Å². The number of methoxy groups -OCH3 is 1. The van der Waals surface area contributed by atoms with Crippen molar-refractivity contribution >= 4 is 11.7 Å². The van der Waals surface area contributed by atoms with Crippen LogP contribution in [0.5, 0.6) is 0 Å². The Bertz CT molecular complexity index is 946. The highest BCUT2D eigenvalue weighted by molar-refractivity contribution is 5.84. The summed E-state index contributed by atoms with van der Waals surface area (Å²) in [5.74, 6) is -0.545. The van der Waals surface area contributed by atoms with Crippen LogP contribution in [0.3, 0.4) is 0 Å². The van der Waals surface area contributed by atoms with Crippen LogP contribution in [-0.4, -0.2) is 65.7 Å². The minimum atomic E-state index is -1.08. The Hall–Kier alpha value is -1.89. The van der Waals surface area contributed by atoms with E-state index < -0.39 is 22.7 Å². The van der Waals surface area contributed by atoms with Crippen LogP contribution in [0.2, 0.25) is 0 Å². The normalized spacial score (nSPS) is 50.8. The Morgan fingerprint density at radius 3 is 2.79 bits per heavy atom. The predicted octanol–water partition coefficient (Wildman–Crippen LogP) is 1.02. The molecule has 7 rings (SSSR count). The molecular formula is C22H26N2O4. The lowest BCUT2D eigenvalue weighted by Crippen LogP contribution is -2.78. The van der Waals surface area contributed by atoms with E-state index >= 15 is 0 Å². The summed E-state index contributed by atoms with van der Waals surface area (Å²) < 4.78 is 5.32. The van der Waals surface area contributed by atoms with Gasteiger partial charge in [-0.3, -0.25) is 9.69 Å². The van der Waals surface area contributed by atoms with E-state index in [-0.39, 0.29) is 24.0 Å². The highest BCUT2D eigenvalue weighted by atomic mass is 16.5. The summed E-state index contributed by atoms with van der Waals surface area (Å²) in [6.07, 6.45) is 2.24. The first-order valence-corrected chi connectivity index (χ1v) is 10.1. The highest BCUT2D eigenvalue weighted by Crippen LogP contribution is 2.74. The number of allylic oxidation sites excluding steroid dienone is 1. The maximum absolute atomic E-state index is 13.3. The predicted molar refractivity (Wildman–Crippen MR) is 103 cm³/mol. The molecular weight excluding hydrogens is 356 g/mol. The van der Waals surface area contributed by atoms with Gasteiger partial charge in [0, 0.05) is 31.2 Å². The molecule has 1 aromatic rings. The number of anilines is 1. The molecule has 2 N–H and O–H groups in total. The molecule has 148 valence electrons. The van der Waals surface area contributed by atoms with Crippen LogP contribution in [0.1, 0.15) is 25.3 Å². The monoisotopic (exact) mass is 382 g/mol. The van der Waals surface area contributed by atoms with E-state index in [1.54, 1.807) is 0 Å². The lowest BCUT2D eigenvalue weighted by Gasteiger charge is -2.65. The molecule has 1 aliphatic carbocycles. The Labute approximate surface area is 164 Å². The second kappa shape index (κ2) is 4.81. The number of nitrogens with zero attached hydrogens (tertiary/aromatic N) is 2. The number of esters is 1. The van der Waals surface area contributed by atoms with E-state index in [9.17, 15) is 15.0 Å². The third-order valence-corrected chi connectivity index (χ3v) is 8.79. The van der Waals surface area contributed by atoms with Crippen molar-refractivity contribution < 1.29 is 19.7 Å². The number of likely N-dealkylation sites (N-methyl/N-ethyl adjacent to an activating group) is 1. The maximum atomic E-state index is 13.3. The van der Waals surface area contributed by atoms with Gasteiger partial charge in [-0.15, -0.1) is 0 Å². The van der Waals surface area contributed by atoms with Crippen molar-refractivity contribution in [1.29, 1.82) is 0 Å². The van der Waals surface area contributed by atoms with Crippen molar-refractivity contribution in [3.63, 3.8) is 0 Å². The number of carbonyl (C=O) groups excluding carboxylic acids is 1. The minimum absolute atomic E-state index is 0.203. The van der Waals surface area contributed by atoms with Crippen LogP contribution in [-0.2, 0) is 14.9 Å². The molecule has 5 heterocycles. The standard InChI is InChI=1S/C22H26N2O4/c1-4-12-11-24-16-10-20-13-7-5-6-8-15(13)23(2)17(20)21(24,27)9-14(12)22(16,18(20)25)19(26)28-3/h4-8,14,16-18,25,27H,9-11H2,1-3H3. The summed E-state index contributed by atoms with van der Waals surface area (Å²) in [5.41, 5.74) is 0.424. The van der Waals surface area contributed by atoms with Crippen molar-refractivity contribution in [1.82, 2.24) is 4.90 Å². The molecule has 6 heteroatoms. The summed E-state index contributed by atoms with van der Waals surface area (Å²) in [5, 5.41) is 24.1. The molecule has 28 heavy (non-hydrogen) atoms. The van der Waals surface area contributed by atoms with Crippen molar-refractivity contribution in [3.05, 3.63) is 41.5 Å². The van der Waals surface area contributed by atoms with Crippen LogP contribution < -0.4 is 4.90 Å². The van der Waals surface area contributed by atoms with Gasteiger partial charge in [-0.05, 0) is 31.4 Å². The lowest BCUT2D eigenvalue weighted by molar-refractivity contribution is -0.242. The third-order valence-electron chi connectivity index (χ3n) is 8.79. The van der Waals surface area contributed by atoms with Crippen molar-refractivity contribution in [2.45, 2.75) is 49.1 Å². The van der Waals surface area contributed by atoms with Crippen LogP contribution in [0.25, 0.3) is 0 Å². The first-order valence-electron chi connectivity index (χ1n) is 10.1. The number of para-hydroxylation sites is 1. The molecule has 0 aromatic heterocycles. The average Bonchev–Trinajstić information content (AvgIpc) is 3.10. The van der Waals surface area contributed by atoms with Crippen LogP contribution >= 0.6 is 0 Å². The number of hydrogen-bond donors (Lipinski definition) is 2. The van der Waals surface area contributed by atoms with E-state index in [4.69, 9.17) is 4.74 Å². The fraction of sp³-hybridized carbons (Fsp3) is 0.591. The van der Waals surface area contributed by atoms with Crippen molar-refractivity contribution in [3.8, 4) is 0 Å². The van der Waals surface area contributed by atoms with Gasteiger partial charge in [0.25, 0.3) is 0 Å². The van der Waals surface area contributed by atoms with Crippen molar-refractivity contribution in [2.75, 3.05) is 25.6 Å². The summed E-state index contributed by atoms with van der Waals surface area (Å²) in [7, 11) is 3.42. The number of piperidine rings is 4. The quantitative estimate of drug-likeness (QED) is 0.558. The molecule has 0 radical (unpaired) electrons. The van der Waals surface area contributed by atoms with Crippen LogP contribution in [0, 0.1) is 11.3 Å². The van der Waals surface area contributed by atoms with Gasteiger partial charge in [0.2, 0.25) is 0 Å². The molecule has 1 spiro atoms. The average molecular weight is 382 g/mol. The van der Waals surface area contributed by atoms with Gasteiger partial charge >= 0.3 is 5.97 Å². The van der Waals surface area contributed by atoms with Crippen LogP contribution in [0.15, 0.2) is 35.9 Å². The number of rotatable bonds is 1. The second-order valence-corrected chi connectivity index (χ2v) is 9.24. The van der Waals surface area contributed by atoms with E-state index in [1.165, 1.54) is 7.11 Å². The number of aliphatic hydroxyl groups is 2. The van der Waals surface area contributed by atoms with Gasteiger partial charge in [0.15, 0.2) is 0 Å². The van der Waals surface area contributed by atoms with E-state index in [0.717, 1.165) is 16.8 Å². The Morgan fingerprint density at radius 2 is 2.07 bits per heavy atom. The number of ether oxygens (including phenoxy) is 1. The molecule has 6 nitrogen and oxygen atoms in total. The van der Waals surface area contributed by atoms with Gasteiger partial charge in [0.1, 0.15) is 11.1 Å². The summed E-state index contributed by atoms with van der Waals surface area (Å²) in [6.45, 7) is 2.62. The summed E-state index contributed by atoms with van der Waals surface area (Å²) >= 11 is 0. The van der Waals surface area contributed by atoms with E-state index in [2.05, 4.69) is 28.0 Å². The first-order chi connectivity index (χ1) is 13.4. The zero-order chi connectivity index (χ0) is 19.6. The molecule has 1 saturated carbocycles. The summed E-state index contributed by atoms with van der Waals surface area (Å²) in [4.78, 5) is 17.6. The Kier molecular flexibility index (Phi) is 2.92. The number of carbonyl (C=O) groups is 1.